The zero-order valence-corrected chi connectivity index (χ0v) is 79.7. The summed E-state index contributed by atoms with van der Waals surface area (Å²) < 4.78 is 106. The van der Waals surface area contributed by atoms with Gasteiger partial charge in [0.25, 0.3) is 0 Å². The number of pyridine rings is 11. The van der Waals surface area contributed by atoms with Crippen LogP contribution in [0.15, 0.2) is 415 Å². The van der Waals surface area contributed by atoms with Crippen LogP contribution in [0.5, 0.6) is 0 Å². The second-order valence-corrected chi connectivity index (χ2v) is 28.1. The molecule has 0 atom stereocenters. The monoisotopic (exact) mass is 2440 g/mol. The van der Waals surface area contributed by atoms with E-state index < -0.39 is 27.4 Å². The second-order valence-electron chi connectivity index (χ2n) is 28.1. The Hall–Kier alpha value is -14.4. The zero-order chi connectivity index (χ0) is 97.4. The molecule has 0 N–H and O–H groups in total. The average molecular weight is 2430 g/mol. The predicted octanol–water partition coefficient (Wildman–Crippen LogP) is 27.5. The number of fused-ring (bicyclic) bond motifs is 9. The Balaban J connectivity index is 0.000000147. The molecule has 0 bridgehead atoms. The summed E-state index contributed by atoms with van der Waals surface area (Å²) in [4.78, 5) is 46.9. The van der Waals surface area contributed by atoms with Gasteiger partial charge in [0.15, 0.2) is 0 Å². The SMILES string of the molecule is Cc1ccc2c(n1)oc1c(-c3ccccn3)[c-]ccc12.[2H]C([2H])([2H])c1ccc(-c2[c-]cccc2)nc1.[2H]C([2H])([2H])c1ccc(-c2[c-]cccc2)nc1.[2H]C([2H])([2H])c1ccc2c(n1)oc1c(-c3ccccn3)[c-]ccc12.[2H]C([2H])([2H])c1ccc2c(n1)oc1c(-c3ccccn3)[c-]ccc12.[Ir].[Ir].[Ir].[Ir].[c-]1ccccc1-c1cc(-c2ccccc2)ccn1.[c-]1ccccc1-c1ccccn1.[c-]1ccccc1-c1ccccn1. The van der Waals surface area contributed by atoms with Crippen LogP contribution in [0.25, 0.3) is 167 Å². The van der Waals surface area contributed by atoms with Gasteiger partial charge in [-0.2, -0.15) is 0 Å². The van der Waals surface area contributed by atoms with Gasteiger partial charge in [0, 0.05) is 180 Å². The van der Waals surface area contributed by atoms with E-state index in [-0.39, 0.29) is 103 Å². The zero-order valence-electron chi connectivity index (χ0n) is 82.1. The van der Waals surface area contributed by atoms with Gasteiger partial charge in [-0.05, 0) is 175 Å². The van der Waals surface area contributed by atoms with Crippen molar-refractivity contribution in [3.63, 3.8) is 0 Å². The molecule has 132 heavy (non-hydrogen) atoms. The Morgan fingerprint density at radius 3 is 0.848 bits per heavy atom. The third-order valence-electron chi connectivity index (χ3n) is 19.4. The van der Waals surface area contributed by atoms with E-state index in [0.29, 0.717) is 28.3 Å². The molecule has 4 radical (unpaired) electrons. The van der Waals surface area contributed by atoms with E-state index in [1.807, 2.05) is 274 Å². The van der Waals surface area contributed by atoms with Crippen molar-refractivity contribution in [1.82, 2.24) is 54.8 Å². The molecular weight excluding hydrogens is 2340 g/mol. The molecule has 23 rings (SSSR count). The van der Waals surface area contributed by atoms with Gasteiger partial charge in [-0.3, -0.25) is 0 Å². The van der Waals surface area contributed by atoms with E-state index in [4.69, 9.17) is 29.7 Å². The number of hydrogen-bond donors (Lipinski definition) is 0. The van der Waals surface area contributed by atoms with Gasteiger partial charge in [-0.25, -0.2) is 15.0 Å². The standard InChI is InChI=1S/3C17H11N2O.C17H12N.2C12H10N.2C11H8N.4Ir/c3*1-11-8-9-13-12-5-4-6-14(15-7-2-3-10-18-15)16(12)20-17(13)19-11;1-3-7-14(8-4-1)16-11-12-18-17(13-16)15-9-5-2-6-10-15;2*1-10-7-8-12(13-9-10)11-5-3-2-4-6-11;2*1-2-6-10(7-3-1)11-8-4-5-9-12-11;;;;/h3*2-5,7-10H,1H3;1-9,11-13H;2*2-5,7-9H,1H3;2*1-6,8-9H;;;;/q8*-1;;;;/i2*1D3;;;2*1D3;;;;;;. The van der Waals surface area contributed by atoms with Crippen LogP contribution >= 0.6 is 0 Å². The molecule has 14 nitrogen and oxygen atoms in total. The van der Waals surface area contributed by atoms with Crippen LogP contribution in [-0.4, -0.2) is 54.8 Å². The molecule has 14 aromatic heterocycles. The number of benzene rings is 9. The quantitative estimate of drug-likeness (QED) is 0.124. The molecule has 0 aliphatic heterocycles. The van der Waals surface area contributed by atoms with Crippen molar-refractivity contribution in [2.45, 2.75) is 34.3 Å². The molecule has 654 valence electrons. The first-order valence-electron chi connectivity index (χ1n) is 46.5. The van der Waals surface area contributed by atoms with E-state index in [1.54, 1.807) is 91.6 Å². The third-order valence-corrected chi connectivity index (χ3v) is 19.4. The van der Waals surface area contributed by atoms with E-state index in [1.165, 1.54) is 35.7 Å². The van der Waals surface area contributed by atoms with Crippen molar-refractivity contribution in [3.05, 3.63) is 478 Å². The molecule has 23 aromatic rings. The van der Waals surface area contributed by atoms with Crippen molar-refractivity contribution in [3.8, 4) is 101 Å². The van der Waals surface area contributed by atoms with Gasteiger partial charge in [-0.1, -0.05) is 154 Å². The van der Waals surface area contributed by atoms with E-state index in [9.17, 15) is 0 Å². The summed E-state index contributed by atoms with van der Waals surface area (Å²) in [5.74, 6) is 0. The molecular formula is C114H81Ir4N11O3-8. The molecule has 0 saturated heterocycles. The number of hydrogen-bond acceptors (Lipinski definition) is 14. The molecule has 0 amide bonds. The van der Waals surface area contributed by atoms with E-state index in [0.717, 1.165) is 134 Å². The molecule has 0 aliphatic carbocycles. The molecule has 0 unspecified atom stereocenters. The number of aromatic nitrogens is 11. The predicted molar refractivity (Wildman–Crippen MR) is 512 cm³/mol. The van der Waals surface area contributed by atoms with Crippen LogP contribution in [-0.2, 0) is 80.4 Å². The molecule has 14 heterocycles. The summed E-state index contributed by atoms with van der Waals surface area (Å²) >= 11 is 0. The molecule has 0 spiro atoms. The molecule has 18 heteroatoms. The average Bonchev–Trinajstić information content (AvgIpc) is 1.61. The Bertz CT molecular complexity index is 7490. The van der Waals surface area contributed by atoms with Crippen LogP contribution in [0.4, 0.5) is 0 Å². The summed E-state index contributed by atoms with van der Waals surface area (Å²) in [7, 11) is 0. The van der Waals surface area contributed by atoms with Crippen molar-refractivity contribution < 1.29 is 110 Å². The van der Waals surface area contributed by atoms with Gasteiger partial charge < -0.3 is 53.1 Å². The Labute approximate surface area is 838 Å². The Morgan fingerprint density at radius 2 is 0.538 bits per heavy atom. The number of furan rings is 3. The van der Waals surface area contributed by atoms with Gasteiger partial charge >= 0.3 is 0 Å². The number of rotatable bonds is 9. The Kier molecular flexibility index (Phi) is 30.0. The summed E-state index contributed by atoms with van der Waals surface area (Å²) in [5.41, 5.74) is 21.0. The van der Waals surface area contributed by atoms with Crippen LogP contribution in [0.2, 0.25) is 0 Å². The van der Waals surface area contributed by atoms with Crippen molar-refractivity contribution in [2.24, 2.45) is 0 Å². The molecule has 0 aliphatic rings. The molecule has 0 saturated carbocycles. The van der Waals surface area contributed by atoms with Crippen LogP contribution in [0.1, 0.15) is 44.7 Å². The van der Waals surface area contributed by atoms with E-state index >= 15 is 0 Å². The smallest absolute Gasteiger partial charge is 0.216 e. The third kappa shape index (κ3) is 25.4. The van der Waals surface area contributed by atoms with Crippen molar-refractivity contribution >= 4 is 66.2 Å². The fraction of sp³-hybridized carbons (Fsp3) is 0.0439. The van der Waals surface area contributed by atoms with Gasteiger partial charge in [-0.15, -0.1) is 234 Å². The second kappa shape index (κ2) is 48.9. The minimum atomic E-state index is -2.26. The molecule has 0 fully saturated rings. The first kappa shape index (κ1) is 80.9. The molecule has 9 aromatic carbocycles. The normalized spacial score (nSPS) is 11.9. The van der Waals surface area contributed by atoms with Crippen LogP contribution in [0, 0.1) is 82.9 Å². The summed E-state index contributed by atoms with van der Waals surface area (Å²) in [5, 5.41) is 5.36. The van der Waals surface area contributed by atoms with Crippen LogP contribution < -0.4 is 0 Å². The summed E-state index contributed by atoms with van der Waals surface area (Å²) in [6, 6.07) is 135. The fourth-order valence-electron chi connectivity index (χ4n) is 13.4. The maximum atomic E-state index is 7.47. The topological polar surface area (TPSA) is 181 Å². The first-order chi connectivity index (χ1) is 67.9. The maximum Gasteiger partial charge on any atom is 0.216 e. The number of aryl methyl sites for hydroxylation is 5. The van der Waals surface area contributed by atoms with Gasteiger partial charge in [0.2, 0.25) is 17.1 Å². The number of nitrogens with zero attached hydrogens (tertiary/aromatic N) is 11. The first-order valence-corrected chi connectivity index (χ1v) is 40.5. The van der Waals surface area contributed by atoms with Crippen molar-refractivity contribution in [1.29, 1.82) is 0 Å². The summed E-state index contributed by atoms with van der Waals surface area (Å²) in [6.07, 6.45) is 13.4. The van der Waals surface area contributed by atoms with Crippen molar-refractivity contribution in [2.75, 3.05) is 0 Å². The maximum absolute atomic E-state index is 7.47. The fourth-order valence-corrected chi connectivity index (χ4v) is 13.4. The minimum Gasteiger partial charge on any atom is -0.486 e. The van der Waals surface area contributed by atoms with E-state index in [2.05, 4.69) is 122 Å². The Morgan fingerprint density at radius 1 is 0.227 bits per heavy atom. The largest absolute Gasteiger partial charge is 0.486 e. The van der Waals surface area contributed by atoms with Gasteiger partial charge in [0.1, 0.15) is 0 Å². The minimum absolute atomic E-state index is 0. The van der Waals surface area contributed by atoms with Crippen LogP contribution in [0.3, 0.4) is 0 Å². The summed E-state index contributed by atoms with van der Waals surface area (Å²) in [6.45, 7) is -6.75. The van der Waals surface area contributed by atoms with Gasteiger partial charge in [0.05, 0.1) is 16.7 Å².